The van der Waals surface area contributed by atoms with Crippen molar-refractivity contribution < 1.29 is 28.9 Å². The van der Waals surface area contributed by atoms with E-state index in [-0.39, 0.29) is 11.3 Å². The molecule has 9 heteroatoms. The van der Waals surface area contributed by atoms with E-state index in [0.29, 0.717) is 46.7 Å². The molecule has 46 heavy (non-hydrogen) atoms. The number of rotatable bonds is 10. The number of hydrogen-bond acceptors (Lipinski definition) is 8. The molecule has 1 aromatic heterocycles. The number of carbonyl (C=O) groups is 2. The number of aromatic nitrogens is 1. The molecule has 4 aromatic carbocycles. The maximum atomic E-state index is 13.8. The van der Waals surface area contributed by atoms with Crippen molar-refractivity contribution in [3.8, 4) is 17.2 Å². The second-order valence-electron chi connectivity index (χ2n) is 11.2. The van der Waals surface area contributed by atoms with Crippen LogP contribution in [0.3, 0.4) is 0 Å². The molecule has 1 aliphatic rings. The van der Waals surface area contributed by atoms with E-state index in [0.717, 1.165) is 33.3 Å². The van der Waals surface area contributed by atoms with Crippen molar-refractivity contribution in [1.29, 1.82) is 0 Å². The fraction of sp³-hybridized carbons (Fsp3) is 0.216. The van der Waals surface area contributed by atoms with Gasteiger partial charge in [0, 0.05) is 5.56 Å². The molecule has 0 saturated carbocycles. The van der Waals surface area contributed by atoms with Crippen LogP contribution in [0, 0.1) is 13.8 Å². The van der Waals surface area contributed by atoms with Gasteiger partial charge < -0.3 is 19.3 Å². The average Bonchev–Trinajstić information content (AvgIpc) is 3.61. The number of amides is 1. The smallest absolute Gasteiger partial charge is 0.301 e. The summed E-state index contributed by atoms with van der Waals surface area (Å²) in [6.45, 7) is 6.88. The van der Waals surface area contributed by atoms with Crippen LogP contribution in [0.5, 0.6) is 17.2 Å². The van der Waals surface area contributed by atoms with Gasteiger partial charge in [-0.2, -0.15) is 0 Å². The lowest BCUT2D eigenvalue weighted by Crippen LogP contribution is -2.29. The lowest BCUT2D eigenvalue weighted by atomic mass is 9.95. The van der Waals surface area contributed by atoms with Gasteiger partial charge in [-0.15, -0.1) is 0 Å². The number of ether oxygens (including phenoxy) is 3. The molecule has 5 aromatic rings. The molecule has 6 rings (SSSR count). The van der Waals surface area contributed by atoms with Crippen LogP contribution in [0.15, 0.2) is 90.5 Å². The number of benzene rings is 4. The zero-order valence-corrected chi connectivity index (χ0v) is 26.9. The number of carbonyl (C=O) groups excluding carboxylic acids is 2. The number of aliphatic hydroxyl groups excluding tert-OH is 1. The van der Waals surface area contributed by atoms with Crippen molar-refractivity contribution in [2.75, 3.05) is 18.6 Å². The Morgan fingerprint density at radius 3 is 2.41 bits per heavy atom. The number of anilines is 1. The van der Waals surface area contributed by atoms with Crippen LogP contribution in [-0.2, 0) is 16.2 Å². The second kappa shape index (κ2) is 13.1. The number of nitrogens with zero attached hydrogens (tertiary/aromatic N) is 2. The van der Waals surface area contributed by atoms with Gasteiger partial charge in [0.15, 0.2) is 16.6 Å². The first-order chi connectivity index (χ1) is 22.3. The summed E-state index contributed by atoms with van der Waals surface area (Å²) in [7, 11) is 1.53. The van der Waals surface area contributed by atoms with Crippen LogP contribution in [0.25, 0.3) is 16.0 Å². The van der Waals surface area contributed by atoms with Crippen molar-refractivity contribution in [2.45, 2.75) is 39.8 Å². The van der Waals surface area contributed by atoms with Crippen molar-refractivity contribution in [2.24, 2.45) is 0 Å². The summed E-state index contributed by atoms with van der Waals surface area (Å²) in [6.07, 6.45) is 0.857. The summed E-state index contributed by atoms with van der Waals surface area (Å²) >= 11 is 1.33. The van der Waals surface area contributed by atoms with Crippen molar-refractivity contribution in [3.63, 3.8) is 0 Å². The number of methoxy groups -OCH3 is 1. The third kappa shape index (κ3) is 5.93. The Hall–Kier alpha value is -5.15. The number of ketones is 1. The Bertz CT molecular complexity index is 1950. The molecule has 0 spiro atoms. The minimum atomic E-state index is -0.977. The Kier molecular flexibility index (Phi) is 8.76. The van der Waals surface area contributed by atoms with Gasteiger partial charge >= 0.3 is 5.91 Å². The summed E-state index contributed by atoms with van der Waals surface area (Å²) in [5.41, 5.74) is 4.70. The first-order valence-electron chi connectivity index (χ1n) is 15.1. The first-order valence-corrected chi connectivity index (χ1v) is 15.9. The van der Waals surface area contributed by atoms with E-state index < -0.39 is 17.7 Å². The molecule has 1 aliphatic heterocycles. The highest BCUT2D eigenvalue weighted by Crippen LogP contribution is 2.46. The van der Waals surface area contributed by atoms with E-state index in [1.54, 1.807) is 42.5 Å². The van der Waals surface area contributed by atoms with E-state index in [9.17, 15) is 14.7 Å². The predicted octanol–water partition coefficient (Wildman–Crippen LogP) is 7.92. The van der Waals surface area contributed by atoms with E-state index >= 15 is 0 Å². The molecule has 0 aliphatic carbocycles. The molecule has 0 radical (unpaired) electrons. The van der Waals surface area contributed by atoms with Gasteiger partial charge in [0.25, 0.3) is 5.78 Å². The average molecular weight is 635 g/mol. The Labute approximate surface area is 271 Å². The lowest BCUT2D eigenvalue weighted by Gasteiger charge is -2.24. The quantitative estimate of drug-likeness (QED) is 0.0947. The molecular weight excluding hydrogens is 600 g/mol. The van der Waals surface area contributed by atoms with Gasteiger partial charge in [0.1, 0.15) is 18.1 Å². The largest absolute Gasteiger partial charge is 0.507 e. The zero-order chi connectivity index (χ0) is 32.4. The van der Waals surface area contributed by atoms with Gasteiger partial charge in [-0.05, 0) is 85.0 Å². The SMILES string of the molecule is CCCOc1ccc(/C(O)=C2\C(=O)C(=O)N(c3nc4c(C)cc(C)cc4s3)C2c2ccc(OCc3ccccc3)c(OC)c2)cc1. The van der Waals surface area contributed by atoms with Crippen molar-refractivity contribution in [3.05, 3.63) is 118 Å². The standard InChI is InChI=1S/C37H34N2O6S/c1-5-17-44-27-14-11-25(12-15-27)34(40)31-33(26-13-16-28(29(20-26)43-4)45-21-24-9-7-6-8-10-24)39(36(42)35(31)41)37-38-32-23(3)18-22(2)19-30(32)46-37/h6-16,18-20,33,40H,5,17,21H2,1-4H3/b34-31+. The minimum Gasteiger partial charge on any atom is -0.507 e. The highest BCUT2D eigenvalue weighted by Gasteiger charge is 2.48. The fourth-order valence-corrected chi connectivity index (χ4v) is 6.77. The third-order valence-electron chi connectivity index (χ3n) is 7.81. The number of aliphatic hydroxyl groups is 1. The number of thiazole rings is 1. The van der Waals surface area contributed by atoms with Crippen molar-refractivity contribution >= 4 is 44.1 Å². The van der Waals surface area contributed by atoms with Crippen molar-refractivity contribution in [1.82, 2.24) is 4.98 Å². The van der Waals surface area contributed by atoms with Gasteiger partial charge in [-0.25, -0.2) is 4.98 Å². The topological polar surface area (TPSA) is 98.2 Å². The molecule has 1 amide bonds. The highest BCUT2D eigenvalue weighted by molar-refractivity contribution is 7.22. The van der Waals surface area contributed by atoms with Crippen LogP contribution >= 0.6 is 11.3 Å². The Morgan fingerprint density at radius 2 is 1.70 bits per heavy atom. The van der Waals surface area contributed by atoms with Crippen LogP contribution in [0.2, 0.25) is 0 Å². The Balaban J connectivity index is 1.46. The molecule has 1 saturated heterocycles. The number of aryl methyl sites for hydroxylation is 2. The first kappa shape index (κ1) is 30.9. The fourth-order valence-electron chi connectivity index (χ4n) is 5.60. The lowest BCUT2D eigenvalue weighted by molar-refractivity contribution is -0.132. The normalized spacial score (nSPS) is 15.8. The molecule has 1 N–H and O–H groups in total. The van der Waals surface area contributed by atoms with Gasteiger partial charge in [0.05, 0.1) is 35.5 Å². The molecular formula is C37H34N2O6S. The molecule has 1 atom stereocenters. The molecule has 0 bridgehead atoms. The molecule has 8 nitrogen and oxygen atoms in total. The summed E-state index contributed by atoms with van der Waals surface area (Å²) in [5, 5.41) is 12.0. The van der Waals surface area contributed by atoms with E-state index in [4.69, 9.17) is 19.2 Å². The van der Waals surface area contributed by atoms with E-state index in [1.807, 2.05) is 63.2 Å². The van der Waals surface area contributed by atoms with Crippen LogP contribution in [0.1, 0.15) is 47.2 Å². The zero-order valence-electron chi connectivity index (χ0n) is 26.1. The molecule has 1 unspecified atom stereocenters. The van der Waals surface area contributed by atoms with Crippen LogP contribution in [-0.4, -0.2) is 35.5 Å². The van der Waals surface area contributed by atoms with Crippen LogP contribution in [0.4, 0.5) is 5.13 Å². The second-order valence-corrected chi connectivity index (χ2v) is 12.2. The number of Topliss-reactive ketones (excluding diaryl/α,β-unsaturated/α-hetero) is 1. The highest BCUT2D eigenvalue weighted by atomic mass is 32.1. The number of hydrogen-bond donors (Lipinski definition) is 1. The monoisotopic (exact) mass is 634 g/mol. The molecule has 234 valence electrons. The summed E-state index contributed by atoms with van der Waals surface area (Å²) < 4.78 is 18.4. The molecule has 2 heterocycles. The molecule has 1 fully saturated rings. The van der Waals surface area contributed by atoms with Gasteiger partial charge in [-0.3, -0.25) is 14.5 Å². The van der Waals surface area contributed by atoms with E-state index in [1.165, 1.54) is 23.3 Å². The minimum absolute atomic E-state index is 0.0422. The van der Waals surface area contributed by atoms with Gasteiger partial charge in [-0.1, -0.05) is 60.7 Å². The van der Waals surface area contributed by atoms with Gasteiger partial charge in [0.2, 0.25) is 0 Å². The Morgan fingerprint density at radius 1 is 0.935 bits per heavy atom. The maximum Gasteiger partial charge on any atom is 0.301 e. The van der Waals surface area contributed by atoms with Crippen LogP contribution < -0.4 is 19.1 Å². The third-order valence-corrected chi connectivity index (χ3v) is 8.81. The maximum absolute atomic E-state index is 13.8. The number of fused-ring (bicyclic) bond motifs is 1. The van der Waals surface area contributed by atoms with E-state index in [2.05, 4.69) is 0 Å². The summed E-state index contributed by atoms with van der Waals surface area (Å²) in [6, 6.07) is 24.9. The summed E-state index contributed by atoms with van der Waals surface area (Å²) in [4.78, 5) is 33.8. The summed E-state index contributed by atoms with van der Waals surface area (Å²) in [5.74, 6) is -0.292. The predicted molar refractivity (Wildman–Crippen MR) is 180 cm³/mol.